The largest absolute Gasteiger partial charge is 0.290 e. The van der Waals surface area contributed by atoms with E-state index in [1.54, 1.807) is 0 Å². The zero-order valence-corrected chi connectivity index (χ0v) is 13.0. The van der Waals surface area contributed by atoms with Gasteiger partial charge in [-0.1, -0.05) is 69.7 Å². The minimum Gasteiger partial charge on any atom is -0.290 e. The third-order valence-corrected chi connectivity index (χ3v) is 3.71. The van der Waals surface area contributed by atoms with E-state index in [-0.39, 0.29) is 6.10 Å². The summed E-state index contributed by atoms with van der Waals surface area (Å²) in [6, 6.07) is 11.0. The Morgan fingerprint density at radius 1 is 1.25 bits per heavy atom. The van der Waals surface area contributed by atoms with Gasteiger partial charge in [-0.2, -0.15) is 5.06 Å². The molecule has 0 unspecified atom stereocenters. The standard InChI is InChI=1S/C18H27NO/c1-4-9-18(16-10-6-5-7-11-16)20-19-13-8-12-17(19)14-15(2)3/h5-8,10-12,15,17-18H,4,9,13-14H2,1-3H3/t17-,18+/m1/s1. The van der Waals surface area contributed by atoms with Gasteiger partial charge in [0.25, 0.3) is 0 Å². The molecule has 1 aromatic carbocycles. The van der Waals surface area contributed by atoms with Crippen LogP contribution in [0.4, 0.5) is 0 Å². The van der Waals surface area contributed by atoms with Crippen LogP contribution in [0.15, 0.2) is 42.5 Å². The van der Waals surface area contributed by atoms with Crippen molar-refractivity contribution in [3.8, 4) is 0 Å². The minimum absolute atomic E-state index is 0.177. The van der Waals surface area contributed by atoms with Crippen LogP contribution in [0, 0.1) is 5.92 Å². The molecule has 2 atom stereocenters. The number of hydrogen-bond acceptors (Lipinski definition) is 2. The second-order valence-electron chi connectivity index (χ2n) is 6.02. The first kappa shape index (κ1) is 15.3. The molecule has 0 aromatic heterocycles. The molecule has 1 aromatic rings. The number of benzene rings is 1. The molecule has 2 heteroatoms. The molecule has 2 rings (SSSR count). The highest BCUT2D eigenvalue weighted by Crippen LogP contribution is 2.28. The SMILES string of the molecule is CCC[C@H](ON1CC=C[C@@H]1CC(C)C)c1ccccc1. The van der Waals surface area contributed by atoms with Crippen molar-refractivity contribution in [3.63, 3.8) is 0 Å². The first-order chi connectivity index (χ1) is 9.70. The number of hydrogen-bond donors (Lipinski definition) is 0. The lowest BCUT2D eigenvalue weighted by atomic mass is 10.0. The van der Waals surface area contributed by atoms with Crippen molar-refractivity contribution in [2.75, 3.05) is 6.54 Å². The molecule has 0 bridgehead atoms. The first-order valence-corrected chi connectivity index (χ1v) is 7.85. The molecule has 0 saturated heterocycles. The van der Waals surface area contributed by atoms with Crippen molar-refractivity contribution >= 4 is 0 Å². The average molecular weight is 273 g/mol. The molecule has 20 heavy (non-hydrogen) atoms. The Hall–Kier alpha value is -1.12. The van der Waals surface area contributed by atoms with E-state index in [1.165, 1.54) is 5.56 Å². The monoisotopic (exact) mass is 273 g/mol. The van der Waals surface area contributed by atoms with E-state index in [0.717, 1.165) is 25.8 Å². The Bertz CT molecular complexity index is 413. The second kappa shape index (κ2) is 7.61. The summed E-state index contributed by atoms with van der Waals surface area (Å²) in [5.74, 6) is 0.690. The van der Waals surface area contributed by atoms with E-state index in [4.69, 9.17) is 4.84 Å². The second-order valence-corrected chi connectivity index (χ2v) is 6.02. The molecule has 0 aliphatic carbocycles. The molecule has 0 fully saturated rings. The van der Waals surface area contributed by atoms with Gasteiger partial charge in [0.05, 0.1) is 6.04 Å². The highest BCUT2D eigenvalue weighted by molar-refractivity contribution is 5.17. The van der Waals surface area contributed by atoms with Gasteiger partial charge >= 0.3 is 0 Å². The van der Waals surface area contributed by atoms with Crippen LogP contribution in [-0.4, -0.2) is 17.6 Å². The van der Waals surface area contributed by atoms with Gasteiger partial charge in [0.15, 0.2) is 0 Å². The molecule has 1 aliphatic rings. The molecule has 2 nitrogen and oxygen atoms in total. The Morgan fingerprint density at radius 2 is 2.00 bits per heavy atom. The van der Waals surface area contributed by atoms with Crippen molar-refractivity contribution in [1.82, 2.24) is 5.06 Å². The molecule has 0 saturated carbocycles. The van der Waals surface area contributed by atoms with Crippen LogP contribution in [0.2, 0.25) is 0 Å². The van der Waals surface area contributed by atoms with Gasteiger partial charge in [-0.25, -0.2) is 0 Å². The minimum atomic E-state index is 0.177. The number of nitrogens with zero attached hydrogens (tertiary/aromatic N) is 1. The number of rotatable bonds is 7. The first-order valence-electron chi connectivity index (χ1n) is 7.85. The number of hydroxylamine groups is 2. The highest BCUT2D eigenvalue weighted by atomic mass is 16.7. The zero-order chi connectivity index (χ0) is 14.4. The van der Waals surface area contributed by atoms with E-state index >= 15 is 0 Å². The summed E-state index contributed by atoms with van der Waals surface area (Å²) < 4.78 is 0. The van der Waals surface area contributed by atoms with Crippen LogP contribution >= 0.6 is 0 Å². The summed E-state index contributed by atoms with van der Waals surface area (Å²) in [5.41, 5.74) is 1.28. The summed E-state index contributed by atoms with van der Waals surface area (Å²) in [4.78, 5) is 6.32. The predicted molar refractivity (Wildman–Crippen MR) is 84.3 cm³/mol. The third-order valence-electron chi connectivity index (χ3n) is 3.71. The molecular formula is C18H27NO. The summed E-state index contributed by atoms with van der Waals surface area (Å²) in [5, 5.41) is 2.16. The van der Waals surface area contributed by atoms with Gasteiger partial charge in [-0.15, -0.1) is 0 Å². The molecule has 0 amide bonds. The quantitative estimate of drug-likeness (QED) is 0.665. The van der Waals surface area contributed by atoms with E-state index in [9.17, 15) is 0 Å². The Kier molecular flexibility index (Phi) is 5.81. The van der Waals surface area contributed by atoms with E-state index in [2.05, 4.69) is 68.3 Å². The molecular weight excluding hydrogens is 246 g/mol. The average Bonchev–Trinajstić information content (AvgIpc) is 2.86. The van der Waals surface area contributed by atoms with E-state index in [0.29, 0.717) is 12.0 Å². The predicted octanol–water partition coefficient (Wildman–Crippen LogP) is 4.75. The Labute approximate surface area is 123 Å². The smallest absolute Gasteiger partial charge is 0.104 e. The molecule has 110 valence electrons. The van der Waals surface area contributed by atoms with Gasteiger partial charge in [-0.05, 0) is 24.3 Å². The van der Waals surface area contributed by atoms with Gasteiger partial charge in [-0.3, -0.25) is 4.84 Å². The lowest BCUT2D eigenvalue weighted by molar-refractivity contribution is -0.208. The Morgan fingerprint density at radius 3 is 2.65 bits per heavy atom. The summed E-state index contributed by atoms with van der Waals surface area (Å²) in [6.45, 7) is 7.66. The van der Waals surface area contributed by atoms with Gasteiger partial charge in [0.2, 0.25) is 0 Å². The van der Waals surface area contributed by atoms with Crippen LogP contribution in [0.25, 0.3) is 0 Å². The molecule has 1 heterocycles. The summed E-state index contributed by atoms with van der Waals surface area (Å²) in [6.07, 6.45) is 8.04. The van der Waals surface area contributed by atoms with Gasteiger partial charge in [0, 0.05) is 6.54 Å². The molecule has 0 radical (unpaired) electrons. The molecule has 0 spiro atoms. The lowest BCUT2D eigenvalue weighted by Crippen LogP contribution is -2.32. The van der Waals surface area contributed by atoms with Crippen LogP contribution in [0.5, 0.6) is 0 Å². The van der Waals surface area contributed by atoms with Crippen molar-refractivity contribution in [2.45, 2.75) is 52.2 Å². The molecule has 1 aliphatic heterocycles. The van der Waals surface area contributed by atoms with Crippen molar-refractivity contribution in [1.29, 1.82) is 0 Å². The summed E-state index contributed by atoms with van der Waals surface area (Å²) >= 11 is 0. The van der Waals surface area contributed by atoms with Gasteiger partial charge in [0.1, 0.15) is 6.10 Å². The van der Waals surface area contributed by atoms with Crippen molar-refractivity contribution < 1.29 is 4.84 Å². The third kappa shape index (κ3) is 4.19. The maximum Gasteiger partial charge on any atom is 0.104 e. The maximum absolute atomic E-state index is 6.32. The Balaban J connectivity index is 2.01. The lowest BCUT2D eigenvalue weighted by Gasteiger charge is -2.29. The van der Waals surface area contributed by atoms with E-state index < -0.39 is 0 Å². The fourth-order valence-corrected chi connectivity index (χ4v) is 2.73. The van der Waals surface area contributed by atoms with Crippen LogP contribution in [-0.2, 0) is 4.84 Å². The van der Waals surface area contributed by atoms with E-state index in [1.807, 2.05) is 0 Å². The van der Waals surface area contributed by atoms with Crippen LogP contribution < -0.4 is 0 Å². The zero-order valence-electron chi connectivity index (χ0n) is 13.0. The van der Waals surface area contributed by atoms with Crippen LogP contribution in [0.3, 0.4) is 0 Å². The fourth-order valence-electron chi connectivity index (χ4n) is 2.73. The van der Waals surface area contributed by atoms with Crippen molar-refractivity contribution in [3.05, 3.63) is 48.0 Å². The molecule has 0 N–H and O–H groups in total. The van der Waals surface area contributed by atoms with Crippen molar-refractivity contribution in [2.24, 2.45) is 5.92 Å². The fraction of sp³-hybridized carbons (Fsp3) is 0.556. The van der Waals surface area contributed by atoms with Gasteiger partial charge < -0.3 is 0 Å². The van der Waals surface area contributed by atoms with Crippen LogP contribution in [0.1, 0.15) is 51.7 Å². The normalized spacial score (nSPS) is 20.7. The highest BCUT2D eigenvalue weighted by Gasteiger charge is 2.25. The summed E-state index contributed by atoms with van der Waals surface area (Å²) in [7, 11) is 0. The maximum atomic E-state index is 6.32. The topological polar surface area (TPSA) is 12.5 Å².